The highest BCUT2D eigenvalue weighted by Crippen LogP contribution is 2.15. The Labute approximate surface area is 155 Å². The van der Waals surface area contributed by atoms with E-state index in [-0.39, 0.29) is 12.5 Å². The third-order valence-electron chi connectivity index (χ3n) is 3.37. The van der Waals surface area contributed by atoms with Crippen molar-refractivity contribution in [1.82, 2.24) is 15.2 Å². The van der Waals surface area contributed by atoms with Crippen molar-refractivity contribution in [2.75, 3.05) is 12.0 Å². The molecule has 0 saturated heterocycles. The average Bonchev–Trinajstić information content (AvgIpc) is 3.03. The van der Waals surface area contributed by atoms with Gasteiger partial charge >= 0.3 is 6.09 Å². The van der Waals surface area contributed by atoms with Crippen LogP contribution in [0.3, 0.4) is 0 Å². The molecule has 2 aromatic rings. The number of aromatic nitrogens is 2. The number of aromatic amines is 1. The fourth-order valence-electron chi connectivity index (χ4n) is 2.11. The Morgan fingerprint density at radius 3 is 2.88 bits per heavy atom. The smallest absolute Gasteiger partial charge is 0.429 e. The van der Waals surface area contributed by atoms with E-state index in [1.807, 2.05) is 37.3 Å². The Balaban J connectivity index is 1.99. The van der Waals surface area contributed by atoms with Gasteiger partial charge in [0, 0.05) is 13.0 Å². The number of hydrogen-bond donors (Lipinski definition) is 2. The molecule has 7 nitrogen and oxygen atoms in total. The summed E-state index contributed by atoms with van der Waals surface area (Å²) in [6, 6.07) is 9.45. The lowest BCUT2D eigenvalue weighted by Crippen LogP contribution is -2.39. The van der Waals surface area contributed by atoms with Crippen LogP contribution in [0.25, 0.3) is 0 Å². The number of nitrogens with zero attached hydrogens (tertiary/aromatic N) is 2. The molecule has 134 valence electrons. The molecule has 2 N–H and O–H groups in total. The van der Waals surface area contributed by atoms with Gasteiger partial charge < -0.3 is 9.53 Å². The van der Waals surface area contributed by atoms with Gasteiger partial charge in [0.2, 0.25) is 5.13 Å². The molecule has 0 saturated carbocycles. The topological polar surface area (TPSA) is 87.3 Å². The second kappa shape index (κ2) is 9.90. The zero-order valence-electron chi connectivity index (χ0n) is 13.8. The fraction of sp³-hybridized carbons (Fsp3) is 0.375. The van der Waals surface area contributed by atoms with Crippen LogP contribution in [0.15, 0.2) is 30.3 Å². The van der Waals surface area contributed by atoms with E-state index in [1.165, 1.54) is 16.3 Å². The number of anilines is 1. The second-order valence-electron chi connectivity index (χ2n) is 5.53. The summed E-state index contributed by atoms with van der Waals surface area (Å²) >= 11 is 6.22. The predicted octanol–water partition coefficient (Wildman–Crippen LogP) is 3.78. The number of H-pyrrole nitrogens is 1. The van der Waals surface area contributed by atoms with E-state index in [1.54, 1.807) is 0 Å². The molecule has 1 heterocycles. The molecule has 1 unspecified atom stereocenters. The first-order valence-electron chi connectivity index (χ1n) is 7.82. The highest BCUT2D eigenvalue weighted by molar-refractivity contribution is 7.73. The molecule has 0 radical (unpaired) electrons. The van der Waals surface area contributed by atoms with Crippen LogP contribution < -0.4 is 5.43 Å². The Morgan fingerprint density at radius 1 is 1.48 bits per heavy atom. The van der Waals surface area contributed by atoms with Gasteiger partial charge in [0.25, 0.3) is 0 Å². The quantitative estimate of drug-likeness (QED) is 0.391. The summed E-state index contributed by atoms with van der Waals surface area (Å²) in [5.41, 5.74) is 3.83. The maximum absolute atomic E-state index is 12.4. The molecule has 0 aliphatic rings. The minimum absolute atomic E-state index is 0.119. The fourth-order valence-corrected chi connectivity index (χ4v) is 2.91. The van der Waals surface area contributed by atoms with Crippen LogP contribution in [0.5, 0.6) is 0 Å². The molecule has 2 rings (SSSR count). The van der Waals surface area contributed by atoms with Gasteiger partial charge in [-0.3, -0.25) is 10.5 Å². The summed E-state index contributed by atoms with van der Waals surface area (Å²) < 4.78 is 5.88. The molecule has 1 aromatic heterocycles. The largest absolute Gasteiger partial charge is 0.443 e. The molecular formula is C16H20N4O3S2. The Bertz CT molecular complexity index is 732. The summed E-state index contributed by atoms with van der Waals surface area (Å²) in [6.45, 7) is 2.53. The van der Waals surface area contributed by atoms with Crippen LogP contribution in [-0.4, -0.2) is 34.1 Å². The predicted molar refractivity (Wildman–Crippen MR) is 98.7 cm³/mol. The van der Waals surface area contributed by atoms with Crippen molar-refractivity contribution in [3.8, 4) is 0 Å². The Morgan fingerprint density at radius 2 is 2.24 bits per heavy atom. The Hall–Kier alpha value is -2.26. The number of benzene rings is 1. The van der Waals surface area contributed by atoms with Gasteiger partial charge in [0.15, 0.2) is 3.95 Å². The first kappa shape index (κ1) is 19.1. The van der Waals surface area contributed by atoms with Crippen molar-refractivity contribution < 1.29 is 14.3 Å². The highest BCUT2D eigenvalue weighted by atomic mass is 32.1. The van der Waals surface area contributed by atoms with E-state index < -0.39 is 6.09 Å². The van der Waals surface area contributed by atoms with Crippen LogP contribution in [0, 0.1) is 9.87 Å². The SMILES string of the molecule is CC(CCC=O)CN(Nc1n[nH]c(=S)s1)C(=O)OCc1ccccc1. The average molecular weight is 380 g/mol. The maximum Gasteiger partial charge on any atom is 0.429 e. The third kappa shape index (κ3) is 6.63. The van der Waals surface area contributed by atoms with Gasteiger partial charge in [-0.05, 0) is 30.1 Å². The van der Waals surface area contributed by atoms with Crippen molar-refractivity contribution in [3.05, 3.63) is 39.8 Å². The van der Waals surface area contributed by atoms with E-state index >= 15 is 0 Å². The van der Waals surface area contributed by atoms with Crippen LogP contribution in [0.2, 0.25) is 0 Å². The first-order valence-corrected chi connectivity index (χ1v) is 9.05. The molecule has 9 heteroatoms. The summed E-state index contributed by atoms with van der Waals surface area (Å²) in [4.78, 5) is 23.0. The van der Waals surface area contributed by atoms with Gasteiger partial charge in [-0.15, -0.1) is 5.10 Å². The van der Waals surface area contributed by atoms with E-state index in [9.17, 15) is 9.59 Å². The normalized spacial score (nSPS) is 11.6. The first-order chi connectivity index (χ1) is 12.1. The second-order valence-corrected chi connectivity index (χ2v) is 7.20. The molecule has 1 aromatic carbocycles. The molecule has 0 bridgehead atoms. The molecule has 0 aliphatic carbocycles. The van der Waals surface area contributed by atoms with Gasteiger partial charge in [0.05, 0.1) is 0 Å². The number of hydrazine groups is 1. The number of carbonyl (C=O) groups excluding carboxylic acids is 2. The van der Waals surface area contributed by atoms with Crippen molar-refractivity contribution in [2.24, 2.45) is 5.92 Å². The van der Waals surface area contributed by atoms with E-state index in [4.69, 9.17) is 17.0 Å². The molecule has 1 atom stereocenters. The lowest BCUT2D eigenvalue weighted by atomic mass is 10.1. The van der Waals surface area contributed by atoms with E-state index in [0.717, 1.165) is 11.8 Å². The zero-order chi connectivity index (χ0) is 18.1. The standard InChI is InChI=1S/C16H20N4O3S2/c1-12(6-5-9-21)10-20(19-14-17-18-15(24)25-14)16(22)23-11-13-7-3-2-4-8-13/h2-4,7-9,12H,5-6,10-11H2,1H3,(H,17,19)(H,18,24). The van der Waals surface area contributed by atoms with Crippen molar-refractivity contribution >= 4 is 41.1 Å². The van der Waals surface area contributed by atoms with Crippen molar-refractivity contribution in [1.29, 1.82) is 0 Å². The number of carbonyl (C=O) groups is 2. The van der Waals surface area contributed by atoms with Gasteiger partial charge in [-0.25, -0.2) is 9.80 Å². The monoisotopic (exact) mass is 380 g/mol. The Kier molecular flexibility index (Phi) is 7.55. The molecular weight excluding hydrogens is 360 g/mol. The molecule has 0 aliphatic heterocycles. The zero-order valence-corrected chi connectivity index (χ0v) is 15.4. The van der Waals surface area contributed by atoms with Gasteiger partial charge in [-0.2, -0.15) is 0 Å². The van der Waals surface area contributed by atoms with Crippen LogP contribution in [-0.2, 0) is 16.1 Å². The number of rotatable bonds is 9. The summed E-state index contributed by atoms with van der Waals surface area (Å²) in [7, 11) is 0. The van der Waals surface area contributed by atoms with E-state index in [0.29, 0.717) is 28.5 Å². The lowest BCUT2D eigenvalue weighted by Gasteiger charge is -2.25. The van der Waals surface area contributed by atoms with Gasteiger partial charge in [0.1, 0.15) is 12.9 Å². The van der Waals surface area contributed by atoms with Crippen LogP contribution in [0.1, 0.15) is 25.3 Å². The molecule has 0 spiro atoms. The minimum Gasteiger partial charge on any atom is -0.443 e. The van der Waals surface area contributed by atoms with Crippen LogP contribution in [0.4, 0.5) is 9.93 Å². The molecule has 25 heavy (non-hydrogen) atoms. The molecule has 0 fully saturated rings. The van der Waals surface area contributed by atoms with Gasteiger partial charge in [-0.1, -0.05) is 48.6 Å². The summed E-state index contributed by atoms with van der Waals surface area (Å²) in [5.74, 6) is 0.119. The molecule has 1 amide bonds. The third-order valence-corrected chi connectivity index (χ3v) is 4.36. The number of nitrogens with one attached hydrogen (secondary N) is 2. The lowest BCUT2D eigenvalue weighted by molar-refractivity contribution is -0.108. The summed E-state index contributed by atoms with van der Waals surface area (Å²) in [6.07, 6.45) is 1.50. The highest BCUT2D eigenvalue weighted by Gasteiger charge is 2.19. The van der Waals surface area contributed by atoms with Crippen molar-refractivity contribution in [2.45, 2.75) is 26.4 Å². The van der Waals surface area contributed by atoms with Crippen molar-refractivity contribution in [3.63, 3.8) is 0 Å². The number of amides is 1. The van der Waals surface area contributed by atoms with E-state index in [2.05, 4.69) is 15.6 Å². The minimum atomic E-state index is -0.511. The number of ether oxygens (including phenoxy) is 1. The number of hydrogen-bond acceptors (Lipinski definition) is 7. The number of aldehydes is 1. The maximum atomic E-state index is 12.4. The van der Waals surface area contributed by atoms with Crippen LogP contribution >= 0.6 is 23.6 Å². The summed E-state index contributed by atoms with van der Waals surface area (Å²) in [5, 5.41) is 8.49.